The van der Waals surface area contributed by atoms with Crippen LogP contribution < -0.4 is 10.0 Å². The van der Waals surface area contributed by atoms with E-state index >= 15 is 0 Å². The Kier molecular flexibility index (Phi) is 5.61. The second kappa shape index (κ2) is 8.21. The quantitative estimate of drug-likeness (QED) is 0.652. The van der Waals surface area contributed by atoms with E-state index in [0.29, 0.717) is 48.2 Å². The first kappa shape index (κ1) is 24.6. The Balaban J connectivity index is 1.80. The summed E-state index contributed by atoms with van der Waals surface area (Å²) in [7, 11) is -3.86. The second-order valence-corrected chi connectivity index (χ2v) is 13.2. The molecule has 0 radical (unpaired) electrons. The molecule has 0 atom stereocenters. The molecule has 1 aliphatic heterocycles. The smallest absolute Gasteiger partial charge is 0.238 e. The Hall–Kier alpha value is -3.10. The van der Waals surface area contributed by atoms with Crippen molar-refractivity contribution >= 4 is 27.3 Å². The largest absolute Gasteiger partial charge is 0.317 e. The first-order chi connectivity index (χ1) is 16.8. The van der Waals surface area contributed by atoms with Crippen LogP contribution in [0.15, 0.2) is 76.1 Å². The summed E-state index contributed by atoms with van der Waals surface area (Å²) >= 11 is 0. The number of ketones is 2. The molecular weight excluding hydrogens is 474 g/mol. The highest BCUT2D eigenvalue weighted by Crippen LogP contribution is 2.55. The van der Waals surface area contributed by atoms with E-state index in [-0.39, 0.29) is 27.3 Å². The zero-order valence-electron chi connectivity index (χ0n) is 21.0. The SMILES string of the molecule is CC1(C)CC(=O)C2=C(C1)N(c1ccc(S(N)(=O)=O)cc1)C1=C(C(=O)CC(C)(C)C1)C2c1ccccn1. The van der Waals surface area contributed by atoms with Gasteiger partial charge in [-0.15, -0.1) is 0 Å². The summed E-state index contributed by atoms with van der Waals surface area (Å²) in [4.78, 5) is 34.2. The molecule has 3 aliphatic rings. The van der Waals surface area contributed by atoms with Gasteiger partial charge in [0.05, 0.1) is 16.5 Å². The molecule has 0 saturated carbocycles. The van der Waals surface area contributed by atoms with E-state index in [1.165, 1.54) is 12.1 Å². The summed E-state index contributed by atoms with van der Waals surface area (Å²) in [5, 5.41) is 5.33. The summed E-state index contributed by atoms with van der Waals surface area (Å²) in [5.41, 5.74) is 3.83. The zero-order chi connectivity index (χ0) is 26.0. The Morgan fingerprint density at radius 2 is 1.36 bits per heavy atom. The Labute approximate surface area is 212 Å². The Bertz CT molecular complexity index is 1380. The fraction of sp³-hybridized carbons (Fsp3) is 0.393. The van der Waals surface area contributed by atoms with Crippen molar-refractivity contribution in [3.63, 3.8) is 0 Å². The molecule has 2 heterocycles. The average molecular weight is 506 g/mol. The number of nitrogens with two attached hydrogens (primary N) is 1. The summed E-state index contributed by atoms with van der Waals surface area (Å²) < 4.78 is 23.8. The molecule has 36 heavy (non-hydrogen) atoms. The number of Topliss-reactive ketones (excluding diaryl/α,β-unsaturated/α-hetero) is 2. The van der Waals surface area contributed by atoms with Crippen molar-refractivity contribution in [2.45, 2.75) is 64.2 Å². The van der Waals surface area contributed by atoms with Crippen LogP contribution in [0.3, 0.4) is 0 Å². The first-order valence-corrected chi connectivity index (χ1v) is 13.7. The molecule has 2 aliphatic carbocycles. The number of carbonyl (C=O) groups is 2. The van der Waals surface area contributed by atoms with Crippen LogP contribution in [-0.2, 0) is 19.6 Å². The predicted molar refractivity (Wildman–Crippen MR) is 137 cm³/mol. The number of nitrogens with zero attached hydrogens (tertiary/aromatic N) is 2. The van der Waals surface area contributed by atoms with Gasteiger partial charge in [0.1, 0.15) is 0 Å². The van der Waals surface area contributed by atoms with Crippen molar-refractivity contribution in [2.24, 2.45) is 16.0 Å². The van der Waals surface area contributed by atoms with Crippen molar-refractivity contribution in [1.29, 1.82) is 0 Å². The monoisotopic (exact) mass is 505 g/mol. The Morgan fingerprint density at radius 3 is 1.81 bits per heavy atom. The van der Waals surface area contributed by atoms with Gasteiger partial charge in [0.2, 0.25) is 10.0 Å². The summed E-state index contributed by atoms with van der Waals surface area (Å²) in [5.74, 6) is -0.470. The van der Waals surface area contributed by atoms with Crippen LogP contribution in [-0.4, -0.2) is 25.0 Å². The molecule has 8 heteroatoms. The zero-order valence-corrected chi connectivity index (χ0v) is 21.9. The summed E-state index contributed by atoms with van der Waals surface area (Å²) in [6.45, 7) is 8.30. The van der Waals surface area contributed by atoms with Gasteiger partial charge in [-0.3, -0.25) is 14.6 Å². The Morgan fingerprint density at radius 1 is 0.833 bits per heavy atom. The van der Waals surface area contributed by atoms with Crippen molar-refractivity contribution in [2.75, 3.05) is 4.90 Å². The van der Waals surface area contributed by atoms with Gasteiger partial charge in [-0.2, -0.15) is 0 Å². The third-order valence-corrected chi connectivity index (χ3v) is 8.25. The highest BCUT2D eigenvalue weighted by molar-refractivity contribution is 7.89. The topological polar surface area (TPSA) is 110 Å². The molecule has 0 amide bonds. The molecule has 1 aromatic heterocycles. The van der Waals surface area contributed by atoms with Crippen LogP contribution in [0.25, 0.3) is 0 Å². The molecular formula is C28H31N3O4S. The van der Waals surface area contributed by atoms with E-state index in [2.05, 4.69) is 32.7 Å². The van der Waals surface area contributed by atoms with Crippen LogP contribution in [0, 0.1) is 10.8 Å². The first-order valence-electron chi connectivity index (χ1n) is 12.1. The number of benzene rings is 1. The molecule has 5 rings (SSSR count). The van der Waals surface area contributed by atoms with E-state index < -0.39 is 15.9 Å². The number of aromatic nitrogens is 1. The predicted octanol–water partition coefficient (Wildman–Crippen LogP) is 4.62. The molecule has 0 spiro atoms. The molecule has 2 aromatic rings. The fourth-order valence-electron chi connectivity index (χ4n) is 5.90. The van der Waals surface area contributed by atoms with Gasteiger partial charge >= 0.3 is 0 Å². The number of hydrogen-bond acceptors (Lipinski definition) is 6. The summed E-state index contributed by atoms with van der Waals surface area (Å²) in [6.07, 6.45) is 3.74. The van der Waals surface area contributed by atoms with Crippen LogP contribution in [0.2, 0.25) is 0 Å². The number of rotatable bonds is 3. The lowest BCUT2D eigenvalue weighted by Crippen LogP contribution is -2.44. The van der Waals surface area contributed by atoms with Gasteiger partial charge in [-0.05, 0) is 60.1 Å². The molecule has 188 valence electrons. The fourth-order valence-corrected chi connectivity index (χ4v) is 6.42. The molecule has 0 bridgehead atoms. The molecule has 1 aromatic carbocycles. The molecule has 2 N–H and O–H groups in total. The number of anilines is 1. The minimum absolute atomic E-state index is 0.0122. The minimum atomic E-state index is -3.86. The van der Waals surface area contributed by atoms with Gasteiger partial charge in [-0.25, -0.2) is 13.6 Å². The van der Waals surface area contributed by atoms with Crippen LogP contribution in [0.4, 0.5) is 5.69 Å². The van der Waals surface area contributed by atoms with E-state index in [1.807, 2.05) is 23.1 Å². The van der Waals surface area contributed by atoms with Gasteiger partial charge in [0, 0.05) is 47.3 Å². The lowest BCUT2D eigenvalue weighted by Gasteiger charge is -2.48. The maximum Gasteiger partial charge on any atom is 0.238 e. The van der Waals surface area contributed by atoms with Crippen molar-refractivity contribution in [1.82, 2.24) is 4.98 Å². The van der Waals surface area contributed by atoms with Crippen LogP contribution >= 0.6 is 0 Å². The number of sulfonamides is 1. The molecule has 0 saturated heterocycles. The number of hydrogen-bond donors (Lipinski definition) is 1. The highest BCUT2D eigenvalue weighted by Gasteiger charge is 2.49. The lowest BCUT2D eigenvalue weighted by molar-refractivity contribution is -0.119. The van der Waals surface area contributed by atoms with Gasteiger partial charge in [-0.1, -0.05) is 33.8 Å². The maximum absolute atomic E-state index is 13.8. The number of primary sulfonamides is 1. The number of carbonyl (C=O) groups excluding carboxylic acids is 2. The van der Waals surface area contributed by atoms with E-state index in [0.717, 1.165) is 11.4 Å². The lowest BCUT2D eigenvalue weighted by atomic mass is 9.64. The van der Waals surface area contributed by atoms with Gasteiger partial charge < -0.3 is 4.90 Å². The molecule has 0 unspecified atom stereocenters. The molecule has 0 fully saturated rings. The third kappa shape index (κ3) is 4.22. The van der Waals surface area contributed by atoms with Gasteiger partial charge in [0.15, 0.2) is 11.6 Å². The maximum atomic E-state index is 13.8. The number of allylic oxidation sites excluding steroid dienone is 4. The minimum Gasteiger partial charge on any atom is -0.317 e. The van der Waals surface area contributed by atoms with Crippen molar-refractivity contribution in [3.8, 4) is 0 Å². The van der Waals surface area contributed by atoms with Crippen molar-refractivity contribution < 1.29 is 18.0 Å². The van der Waals surface area contributed by atoms with Crippen LogP contribution in [0.5, 0.6) is 0 Å². The normalized spacial score (nSPS) is 22.0. The standard InChI is InChI=1S/C28H31N3O4S/c1-27(2)13-20-25(22(32)15-27)24(19-7-5-6-12-30-19)26-21(14-28(3,4)16-23(26)33)31(20)17-8-10-18(11-9-17)36(29,34)35/h5-12,24H,13-16H2,1-4H3,(H2,29,34,35). The van der Waals surface area contributed by atoms with Crippen molar-refractivity contribution in [3.05, 3.63) is 76.9 Å². The summed E-state index contributed by atoms with van der Waals surface area (Å²) in [6, 6.07) is 12.0. The van der Waals surface area contributed by atoms with Crippen LogP contribution in [0.1, 0.15) is 65.0 Å². The van der Waals surface area contributed by atoms with Gasteiger partial charge in [0.25, 0.3) is 0 Å². The highest BCUT2D eigenvalue weighted by atomic mass is 32.2. The average Bonchev–Trinajstić information content (AvgIpc) is 2.76. The third-order valence-electron chi connectivity index (χ3n) is 7.32. The number of pyridine rings is 1. The van der Waals surface area contributed by atoms with E-state index in [9.17, 15) is 18.0 Å². The molecule has 7 nitrogen and oxygen atoms in total. The second-order valence-electron chi connectivity index (χ2n) is 11.7. The van der Waals surface area contributed by atoms with E-state index in [4.69, 9.17) is 5.14 Å². The van der Waals surface area contributed by atoms with E-state index in [1.54, 1.807) is 18.3 Å².